The van der Waals surface area contributed by atoms with Crippen molar-refractivity contribution in [2.75, 3.05) is 25.6 Å². The maximum absolute atomic E-state index is 11.8. The van der Waals surface area contributed by atoms with Crippen LogP contribution in [0.25, 0.3) is 0 Å². The quantitative estimate of drug-likeness (QED) is 0.791. The van der Waals surface area contributed by atoms with Gasteiger partial charge in [-0.3, -0.25) is 10.1 Å². The molecule has 0 aliphatic rings. The fourth-order valence-corrected chi connectivity index (χ4v) is 2.25. The van der Waals surface area contributed by atoms with E-state index >= 15 is 0 Å². The van der Waals surface area contributed by atoms with Gasteiger partial charge in [0.15, 0.2) is 0 Å². The molecular weight excluding hydrogens is 254 g/mol. The molecule has 0 fully saturated rings. The van der Waals surface area contributed by atoms with Gasteiger partial charge >= 0.3 is 0 Å². The van der Waals surface area contributed by atoms with Gasteiger partial charge in [-0.2, -0.15) is 0 Å². The van der Waals surface area contributed by atoms with Gasteiger partial charge in [0, 0.05) is 31.4 Å². The third-order valence-electron chi connectivity index (χ3n) is 3.20. The van der Waals surface area contributed by atoms with E-state index < -0.39 is 5.54 Å². The summed E-state index contributed by atoms with van der Waals surface area (Å²) in [5.74, 6) is 0.424. The summed E-state index contributed by atoms with van der Waals surface area (Å²) >= 11 is 0. The highest BCUT2D eigenvalue weighted by atomic mass is 16.5. The third kappa shape index (κ3) is 4.13. The first-order chi connectivity index (χ1) is 9.28. The first kappa shape index (κ1) is 16.3. The molecule has 20 heavy (non-hydrogen) atoms. The van der Waals surface area contributed by atoms with Crippen LogP contribution < -0.4 is 20.7 Å². The van der Waals surface area contributed by atoms with Crippen molar-refractivity contribution in [3.05, 3.63) is 24.3 Å². The van der Waals surface area contributed by atoms with E-state index in [4.69, 9.17) is 10.5 Å². The minimum atomic E-state index is -0.786. The highest BCUT2D eigenvalue weighted by molar-refractivity contribution is 5.85. The predicted molar refractivity (Wildman–Crippen MR) is 82.1 cm³/mol. The summed E-state index contributed by atoms with van der Waals surface area (Å²) in [5, 5.41) is 3.24. The number of methoxy groups -OCH3 is 1. The molecule has 1 rings (SSSR count). The van der Waals surface area contributed by atoms with Crippen LogP contribution in [-0.4, -0.2) is 38.2 Å². The number of amides is 1. The van der Waals surface area contributed by atoms with Gasteiger partial charge in [0.1, 0.15) is 11.3 Å². The third-order valence-corrected chi connectivity index (χ3v) is 3.20. The highest BCUT2D eigenvalue weighted by Crippen LogP contribution is 2.21. The number of rotatable bonds is 7. The number of likely N-dealkylation sites (N-methyl/N-ethyl adjacent to an activating group) is 1. The van der Waals surface area contributed by atoms with E-state index in [0.717, 1.165) is 11.4 Å². The molecule has 1 unspecified atom stereocenters. The number of carbonyl (C=O) groups is 1. The minimum absolute atomic E-state index is 0.172. The minimum Gasteiger partial charge on any atom is -0.497 e. The van der Waals surface area contributed by atoms with Gasteiger partial charge in [-0.1, -0.05) is 6.07 Å². The molecule has 112 valence electrons. The van der Waals surface area contributed by atoms with Crippen molar-refractivity contribution in [1.29, 1.82) is 0 Å². The maximum atomic E-state index is 11.8. The monoisotopic (exact) mass is 279 g/mol. The second kappa shape index (κ2) is 6.61. The lowest BCUT2D eigenvalue weighted by atomic mass is 9.99. The van der Waals surface area contributed by atoms with Crippen molar-refractivity contribution in [1.82, 2.24) is 5.32 Å². The molecule has 0 aliphatic carbocycles. The predicted octanol–water partition coefficient (Wildman–Crippen LogP) is 1.37. The van der Waals surface area contributed by atoms with Gasteiger partial charge in [0.05, 0.1) is 7.11 Å². The molecule has 0 heterocycles. The smallest absolute Gasteiger partial charge is 0.239 e. The Morgan fingerprint density at radius 2 is 2.15 bits per heavy atom. The molecule has 0 aliphatic heterocycles. The molecular formula is C15H25N3O2. The molecule has 0 saturated heterocycles. The number of hydrogen-bond acceptors (Lipinski definition) is 4. The van der Waals surface area contributed by atoms with Crippen molar-refractivity contribution in [2.24, 2.45) is 5.73 Å². The molecule has 0 saturated carbocycles. The lowest BCUT2D eigenvalue weighted by Gasteiger charge is -2.34. The maximum Gasteiger partial charge on any atom is 0.239 e. The summed E-state index contributed by atoms with van der Waals surface area (Å²) in [4.78, 5) is 13.7. The van der Waals surface area contributed by atoms with Crippen LogP contribution >= 0.6 is 0 Å². The molecule has 1 aromatic carbocycles. The van der Waals surface area contributed by atoms with Gasteiger partial charge in [-0.15, -0.1) is 0 Å². The Morgan fingerprint density at radius 1 is 1.50 bits per heavy atom. The van der Waals surface area contributed by atoms with Crippen LogP contribution in [0.3, 0.4) is 0 Å². The molecule has 3 N–H and O–H groups in total. The van der Waals surface area contributed by atoms with E-state index in [1.807, 2.05) is 57.0 Å². The number of nitrogens with one attached hydrogen (secondary N) is 1. The number of nitrogens with zero attached hydrogens (tertiary/aromatic N) is 1. The number of carbonyl (C=O) groups excluding carboxylic acids is 1. The van der Waals surface area contributed by atoms with E-state index in [1.54, 1.807) is 7.11 Å². The number of nitrogens with two attached hydrogens (primary N) is 1. The van der Waals surface area contributed by atoms with Crippen molar-refractivity contribution in [2.45, 2.75) is 32.4 Å². The number of primary amides is 1. The standard InChI is InChI=1S/C15H25N3O2/c1-11(2)17-15(3,14(16)19)10-18(4)12-7-6-8-13(9-12)20-5/h6-9,11,17H,10H2,1-5H3,(H2,16,19). The summed E-state index contributed by atoms with van der Waals surface area (Å²) in [5.41, 5.74) is 5.74. The Kier molecular flexibility index (Phi) is 5.39. The second-order valence-electron chi connectivity index (χ2n) is 5.55. The Labute approximate surface area is 121 Å². The van der Waals surface area contributed by atoms with E-state index in [2.05, 4.69) is 5.32 Å². The zero-order chi connectivity index (χ0) is 15.3. The summed E-state index contributed by atoms with van der Waals surface area (Å²) in [6.07, 6.45) is 0. The summed E-state index contributed by atoms with van der Waals surface area (Å²) in [6.45, 7) is 6.29. The molecule has 0 spiro atoms. The summed E-state index contributed by atoms with van der Waals surface area (Å²) < 4.78 is 5.21. The first-order valence-electron chi connectivity index (χ1n) is 6.71. The normalized spacial score (nSPS) is 13.9. The molecule has 1 amide bonds. The molecule has 1 aromatic rings. The molecule has 0 aromatic heterocycles. The van der Waals surface area contributed by atoms with Gasteiger partial charge in [-0.25, -0.2) is 0 Å². The van der Waals surface area contributed by atoms with Crippen LogP contribution in [0.1, 0.15) is 20.8 Å². The molecule has 1 atom stereocenters. The van der Waals surface area contributed by atoms with Crippen LogP contribution in [0.2, 0.25) is 0 Å². The van der Waals surface area contributed by atoms with Crippen LogP contribution in [0, 0.1) is 0 Å². The van der Waals surface area contributed by atoms with E-state index in [0.29, 0.717) is 6.54 Å². The fraction of sp³-hybridized carbons (Fsp3) is 0.533. The lowest BCUT2D eigenvalue weighted by Crippen LogP contribution is -2.61. The van der Waals surface area contributed by atoms with Crippen LogP contribution in [0.15, 0.2) is 24.3 Å². The number of hydrogen-bond donors (Lipinski definition) is 2. The second-order valence-corrected chi connectivity index (χ2v) is 5.55. The fourth-order valence-electron chi connectivity index (χ4n) is 2.25. The van der Waals surface area contributed by atoms with Crippen molar-refractivity contribution in [3.8, 4) is 5.75 Å². The number of ether oxygens (including phenoxy) is 1. The number of anilines is 1. The van der Waals surface area contributed by atoms with E-state index in [-0.39, 0.29) is 11.9 Å². The van der Waals surface area contributed by atoms with Gasteiger partial charge in [0.25, 0.3) is 0 Å². The van der Waals surface area contributed by atoms with Crippen molar-refractivity contribution < 1.29 is 9.53 Å². The highest BCUT2D eigenvalue weighted by Gasteiger charge is 2.33. The lowest BCUT2D eigenvalue weighted by molar-refractivity contribution is -0.123. The van der Waals surface area contributed by atoms with E-state index in [1.165, 1.54) is 0 Å². The zero-order valence-electron chi connectivity index (χ0n) is 12.9. The molecule has 5 heteroatoms. The SMILES string of the molecule is COc1cccc(N(C)CC(C)(NC(C)C)C(N)=O)c1. The Balaban J connectivity index is 2.90. The van der Waals surface area contributed by atoms with Crippen molar-refractivity contribution in [3.63, 3.8) is 0 Å². The zero-order valence-corrected chi connectivity index (χ0v) is 12.9. The van der Waals surface area contributed by atoms with Gasteiger partial charge in [0.2, 0.25) is 5.91 Å². The Bertz CT molecular complexity index is 462. The average Bonchev–Trinajstić information content (AvgIpc) is 2.37. The Morgan fingerprint density at radius 3 is 2.65 bits per heavy atom. The van der Waals surface area contributed by atoms with Crippen LogP contribution in [0.5, 0.6) is 5.75 Å². The molecule has 5 nitrogen and oxygen atoms in total. The Hall–Kier alpha value is -1.75. The summed E-state index contributed by atoms with van der Waals surface area (Å²) in [6, 6.07) is 7.88. The summed E-state index contributed by atoms with van der Waals surface area (Å²) in [7, 11) is 3.56. The average molecular weight is 279 g/mol. The van der Waals surface area contributed by atoms with Gasteiger partial charge < -0.3 is 15.4 Å². The van der Waals surface area contributed by atoms with Gasteiger partial charge in [-0.05, 0) is 32.9 Å². The molecule has 0 radical (unpaired) electrons. The number of benzene rings is 1. The first-order valence-corrected chi connectivity index (χ1v) is 6.71. The molecule has 0 bridgehead atoms. The van der Waals surface area contributed by atoms with Crippen molar-refractivity contribution >= 4 is 11.6 Å². The van der Waals surface area contributed by atoms with Crippen LogP contribution in [0.4, 0.5) is 5.69 Å². The largest absolute Gasteiger partial charge is 0.497 e. The van der Waals surface area contributed by atoms with E-state index in [9.17, 15) is 4.79 Å². The van der Waals surface area contributed by atoms with Crippen LogP contribution in [-0.2, 0) is 4.79 Å². The topological polar surface area (TPSA) is 67.6 Å².